The first-order valence-electron chi connectivity index (χ1n) is 6.71. The highest BCUT2D eigenvalue weighted by molar-refractivity contribution is 5.96. The number of rotatable bonds is 8. The van der Waals surface area contributed by atoms with Gasteiger partial charge in [0.25, 0.3) is 5.91 Å². The topological polar surface area (TPSA) is 102 Å². The molecule has 0 fully saturated rings. The molecule has 7 heteroatoms. The molecule has 1 aromatic carbocycles. The predicted octanol–water partition coefficient (Wildman–Crippen LogP) is 0.0549. The van der Waals surface area contributed by atoms with Crippen LogP contribution in [0.1, 0.15) is 23.2 Å². The fraction of sp³-hybridized carbons (Fsp3) is 0.333. The van der Waals surface area contributed by atoms with Crippen LogP contribution >= 0.6 is 0 Å². The summed E-state index contributed by atoms with van der Waals surface area (Å²) in [5, 5.41) is 4.82. The number of methoxy groups -OCH3 is 1. The first-order chi connectivity index (χ1) is 10.5. The van der Waals surface area contributed by atoms with E-state index in [1.807, 2.05) is 0 Å². The molecule has 0 aliphatic carbocycles. The molecule has 0 spiro atoms. The lowest BCUT2D eigenvalue weighted by atomic mass is 10.2. The first kappa shape index (κ1) is 17.4. The summed E-state index contributed by atoms with van der Waals surface area (Å²) in [6.45, 7) is -0.408. The second-order valence-corrected chi connectivity index (χ2v) is 4.44. The van der Waals surface area contributed by atoms with E-state index in [4.69, 9.17) is 0 Å². The third kappa shape index (κ3) is 6.65. The Bertz CT molecular complexity index is 542. The van der Waals surface area contributed by atoms with Crippen LogP contribution in [0.5, 0.6) is 0 Å². The van der Waals surface area contributed by atoms with Crippen LogP contribution in [0.4, 0.5) is 0 Å². The molecule has 2 N–H and O–H groups in total. The fourth-order valence-electron chi connectivity index (χ4n) is 1.54. The molecule has 0 atom stereocenters. The SMILES string of the molecule is COC(=O)CCC(=O)CNC(=O)CNC(=O)c1ccccc1. The van der Waals surface area contributed by atoms with Gasteiger partial charge in [-0.1, -0.05) is 18.2 Å². The summed E-state index contributed by atoms with van der Waals surface area (Å²) in [4.78, 5) is 45.5. The molecule has 0 heterocycles. The average Bonchev–Trinajstić information content (AvgIpc) is 2.56. The van der Waals surface area contributed by atoms with Crippen molar-refractivity contribution in [3.8, 4) is 0 Å². The summed E-state index contributed by atoms with van der Waals surface area (Å²) in [5.41, 5.74) is 0.449. The monoisotopic (exact) mass is 306 g/mol. The standard InChI is InChI=1S/C15H18N2O5/c1-22-14(20)8-7-12(18)9-16-13(19)10-17-15(21)11-5-3-2-4-6-11/h2-6H,7-10H2,1H3,(H,16,19)(H,17,21). The molecular weight excluding hydrogens is 288 g/mol. The smallest absolute Gasteiger partial charge is 0.305 e. The zero-order valence-electron chi connectivity index (χ0n) is 12.3. The van der Waals surface area contributed by atoms with Crippen LogP contribution in [0.3, 0.4) is 0 Å². The van der Waals surface area contributed by atoms with Crippen molar-refractivity contribution in [2.45, 2.75) is 12.8 Å². The minimum absolute atomic E-state index is 0.00330. The van der Waals surface area contributed by atoms with Crippen LogP contribution in [0.15, 0.2) is 30.3 Å². The van der Waals surface area contributed by atoms with Gasteiger partial charge < -0.3 is 15.4 Å². The Balaban J connectivity index is 2.22. The molecule has 0 aromatic heterocycles. The molecule has 0 saturated carbocycles. The number of ketones is 1. The van der Waals surface area contributed by atoms with Crippen molar-refractivity contribution in [1.82, 2.24) is 10.6 Å². The highest BCUT2D eigenvalue weighted by Gasteiger charge is 2.10. The van der Waals surface area contributed by atoms with E-state index >= 15 is 0 Å². The average molecular weight is 306 g/mol. The lowest BCUT2D eigenvalue weighted by Crippen LogP contribution is -2.39. The molecule has 0 radical (unpaired) electrons. The molecule has 1 aromatic rings. The van der Waals surface area contributed by atoms with Crippen LogP contribution in [-0.2, 0) is 19.1 Å². The second-order valence-electron chi connectivity index (χ2n) is 4.44. The number of hydrogen-bond donors (Lipinski definition) is 2. The molecular formula is C15H18N2O5. The highest BCUT2D eigenvalue weighted by atomic mass is 16.5. The van der Waals surface area contributed by atoms with E-state index in [1.54, 1.807) is 30.3 Å². The van der Waals surface area contributed by atoms with E-state index in [9.17, 15) is 19.2 Å². The van der Waals surface area contributed by atoms with Gasteiger partial charge in [-0.15, -0.1) is 0 Å². The van der Waals surface area contributed by atoms with Gasteiger partial charge in [0.05, 0.1) is 26.6 Å². The predicted molar refractivity (Wildman–Crippen MR) is 78.0 cm³/mol. The van der Waals surface area contributed by atoms with E-state index in [-0.39, 0.29) is 37.6 Å². The number of nitrogens with one attached hydrogen (secondary N) is 2. The van der Waals surface area contributed by atoms with E-state index < -0.39 is 11.9 Å². The summed E-state index contributed by atoms with van der Waals surface area (Å²) in [5.74, 6) is -1.61. The highest BCUT2D eigenvalue weighted by Crippen LogP contribution is 1.97. The van der Waals surface area contributed by atoms with Gasteiger partial charge in [0.15, 0.2) is 5.78 Å². The van der Waals surface area contributed by atoms with Crippen LogP contribution in [-0.4, -0.2) is 43.8 Å². The Morgan fingerprint density at radius 3 is 2.27 bits per heavy atom. The minimum atomic E-state index is -0.477. The van der Waals surface area contributed by atoms with Crippen molar-refractivity contribution in [2.24, 2.45) is 0 Å². The van der Waals surface area contributed by atoms with Crippen molar-refractivity contribution in [2.75, 3.05) is 20.2 Å². The molecule has 2 amide bonds. The lowest BCUT2D eigenvalue weighted by Gasteiger charge is -2.06. The van der Waals surface area contributed by atoms with Gasteiger partial charge >= 0.3 is 5.97 Å². The summed E-state index contributed by atoms with van der Waals surface area (Å²) in [6.07, 6.45) is -0.0146. The molecule has 0 unspecified atom stereocenters. The molecule has 0 aliphatic rings. The number of Topliss-reactive ketones (excluding diaryl/α,β-unsaturated/α-hetero) is 1. The quantitative estimate of drug-likeness (QED) is 0.661. The fourth-order valence-corrected chi connectivity index (χ4v) is 1.54. The van der Waals surface area contributed by atoms with E-state index in [0.717, 1.165) is 0 Å². The number of ether oxygens (including phenoxy) is 1. The van der Waals surface area contributed by atoms with Gasteiger partial charge in [0, 0.05) is 12.0 Å². The maximum absolute atomic E-state index is 11.7. The number of carbonyl (C=O) groups excluding carboxylic acids is 4. The Morgan fingerprint density at radius 1 is 0.955 bits per heavy atom. The Hall–Kier alpha value is -2.70. The first-order valence-corrected chi connectivity index (χ1v) is 6.71. The summed E-state index contributed by atoms with van der Waals surface area (Å²) < 4.78 is 4.41. The third-order valence-corrected chi connectivity index (χ3v) is 2.76. The van der Waals surface area contributed by atoms with Crippen LogP contribution in [0, 0.1) is 0 Å². The number of hydrogen-bond acceptors (Lipinski definition) is 5. The van der Waals surface area contributed by atoms with Gasteiger partial charge in [-0.3, -0.25) is 19.2 Å². The second kappa shape index (κ2) is 9.28. The summed E-state index contributed by atoms with van der Waals surface area (Å²) in [6, 6.07) is 8.47. The lowest BCUT2D eigenvalue weighted by molar-refractivity contribution is -0.141. The third-order valence-electron chi connectivity index (χ3n) is 2.76. The van der Waals surface area contributed by atoms with Crippen LogP contribution in [0.25, 0.3) is 0 Å². The van der Waals surface area contributed by atoms with Gasteiger partial charge in [0.2, 0.25) is 5.91 Å². The van der Waals surface area contributed by atoms with E-state index in [2.05, 4.69) is 15.4 Å². The van der Waals surface area contributed by atoms with E-state index in [0.29, 0.717) is 5.56 Å². The van der Waals surface area contributed by atoms with Crippen molar-refractivity contribution in [3.05, 3.63) is 35.9 Å². The molecule has 0 aliphatic heterocycles. The Morgan fingerprint density at radius 2 is 1.64 bits per heavy atom. The normalized spacial score (nSPS) is 9.68. The Labute approximate surface area is 128 Å². The number of carbonyl (C=O) groups is 4. The van der Waals surface area contributed by atoms with Gasteiger partial charge in [-0.25, -0.2) is 0 Å². The van der Waals surface area contributed by atoms with Crippen molar-refractivity contribution in [3.63, 3.8) is 0 Å². The maximum atomic E-state index is 11.7. The largest absolute Gasteiger partial charge is 0.469 e. The van der Waals surface area contributed by atoms with Crippen LogP contribution < -0.4 is 10.6 Å². The zero-order valence-corrected chi connectivity index (χ0v) is 12.3. The van der Waals surface area contributed by atoms with Gasteiger partial charge in [-0.2, -0.15) is 0 Å². The molecule has 0 bridgehead atoms. The van der Waals surface area contributed by atoms with Crippen molar-refractivity contribution in [1.29, 1.82) is 0 Å². The molecule has 7 nitrogen and oxygen atoms in total. The zero-order chi connectivity index (χ0) is 16.4. The molecule has 1 rings (SSSR count). The van der Waals surface area contributed by atoms with Crippen molar-refractivity contribution >= 4 is 23.6 Å². The van der Waals surface area contributed by atoms with Crippen molar-refractivity contribution < 1.29 is 23.9 Å². The molecule has 0 saturated heterocycles. The van der Waals surface area contributed by atoms with E-state index in [1.165, 1.54) is 7.11 Å². The maximum Gasteiger partial charge on any atom is 0.305 e. The van der Waals surface area contributed by atoms with Gasteiger partial charge in [-0.05, 0) is 12.1 Å². The number of amides is 2. The summed E-state index contributed by atoms with van der Waals surface area (Å²) >= 11 is 0. The summed E-state index contributed by atoms with van der Waals surface area (Å²) in [7, 11) is 1.24. The number of esters is 1. The van der Waals surface area contributed by atoms with Crippen LogP contribution in [0.2, 0.25) is 0 Å². The number of benzene rings is 1. The minimum Gasteiger partial charge on any atom is -0.469 e. The Kier molecular flexibility index (Phi) is 7.32. The molecule has 22 heavy (non-hydrogen) atoms. The molecule has 118 valence electrons. The van der Waals surface area contributed by atoms with Gasteiger partial charge in [0.1, 0.15) is 0 Å².